The average Bonchev–Trinajstić information content (AvgIpc) is 0.811. The second kappa shape index (κ2) is 5.59. The van der Waals surface area contributed by atoms with Gasteiger partial charge in [-0.05, 0) is 0 Å². The van der Waals surface area contributed by atoms with Gasteiger partial charge in [0, 0.05) is 6.26 Å². The summed E-state index contributed by atoms with van der Waals surface area (Å²) in [6, 6.07) is 0. The van der Waals surface area contributed by atoms with Crippen molar-refractivity contribution in [1.82, 2.24) is 0 Å². The van der Waals surface area contributed by atoms with Crippen LogP contribution >= 0.6 is 0 Å². The summed E-state index contributed by atoms with van der Waals surface area (Å²) < 4.78 is 16.6. The van der Waals surface area contributed by atoms with Crippen molar-refractivity contribution < 1.29 is 11.6 Å². The van der Waals surface area contributed by atoms with Crippen LogP contribution < -0.4 is 0 Å². The van der Waals surface area contributed by atoms with Gasteiger partial charge in [-0.1, -0.05) is 0 Å². The summed E-state index contributed by atoms with van der Waals surface area (Å²) in [5.74, 6) is 0. The van der Waals surface area contributed by atoms with Crippen LogP contribution in [0.1, 0.15) is 2.85 Å². The van der Waals surface area contributed by atoms with Gasteiger partial charge in [0.2, 0.25) is 0 Å². The quantitative estimate of drug-likeness (QED) is 0.399. The van der Waals surface area contributed by atoms with Gasteiger partial charge in [-0.3, -0.25) is 0 Å². The molecule has 1 N–H and O–H groups in total. The molecule has 0 aliphatic rings. The summed E-state index contributed by atoms with van der Waals surface area (Å²) in [5.41, 5.74) is 0. The van der Waals surface area contributed by atoms with E-state index in [1.54, 1.807) is 0 Å². The molecule has 0 aliphatic carbocycles. The molecule has 30 valence electrons. The molecule has 0 aliphatic heterocycles. The molecular weight excluding hydrogens is 164 g/mol. The normalized spacial score (nSPS) is 12.4. The molecule has 0 aromatic carbocycles. The standard InChI is InChI=1S/CH4O2S.Sr.2H/c1-4(2)3;;;/h1H3,(H,2,3);;;/q;+2;2*-1. The molecule has 0 heterocycles. The molecule has 1 unspecified atom stereocenters. The van der Waals surface area contributed by atoms with Crippen LogP contribution in [-0.2, 0) is 11.1 Å². The largest absolute Gasteiger partial charge is 2.00 e. The Morgan fingerprint density at radius 2 is 2.00 bits per heavy atom. The van der Waals surface area contributed by atoms with Crippen LogP contribution in [-0.4, -0.2) is 60.5 Å². The zero-order valence-electron chi connectivity index (χ0n) is 4.97. The Hall–Kier alpha value is 1.59. The number of hydrogen-bond donors (Lipinski definition) is 1. The second-order valence-electron chi connectivity index (χ2n) is 0.424. The molecular formula is CH6O2SSr. The van der Waals surface area contributed by atoms with Gasteiger partial charge in [0.1, 0.15) is 11.1 Å². The summed E-state index contributed by atoms with van der Waals surface area (Å²) >= 11 is -1.61. The first-order valence-corrected chi connectivity index (χ1v) is 2.27. The number of hydrogen-bond acceptors (Lipinski definition) is 1. The maximum atomic E-state index is 9.11. The molecule has 1 atom stereocenters. The topological polar surface area (TPSA) is 37.3 Å². The van der Waals surface area contributed by atoms with E-state index in [0.717, 1.165) is 0 Å². The van der Waals surface area contributed by atoms with E-state index in [0.29, 0.717) is 0 Å². The van der Waals surface area contributed by atoms with Crippen LogP contribution in [0, 0.1) is 0 Å². The summed E-state index contributed by atoms with van der Waals surface area (Å²) in [6.07, 6.45) is 1.19. The van der Waals surface area contributed by atoms with Gasteiger partial charge in [-0.2, -0.15) is 0 Å². The minimum atomic E-state index is -1.61. The van der Waals surface area contributed by atoms with Gasteiger partial charge >= 0.3 is 45.5 Å². The van der Waals surface area contributed by atoms with E-state index in [1.165, 1.54) is 6.26 Å². The zero-order chi connectivity index (χ0) is 3.58. The Morgan fingerprint density at radius 3 is 2.00 bits per heavy atom. The summed E-state index contributed by atoms with van der Waals surface area (Å²) in [4.78, 5) is 0. The third kappa shape index (κ3) is 28.5. The fourth-order valence-corrected chi connectivity index (χ4v) is 0. The molecule has 0 amide bonds. The molecule has 0 fully saturated rings. The summed E-state index contributed by atoms with van der Waals surface area (Å²) in [5, 5.41) is 0. The monoisotopic (exact) mass is 170 g/mol. The van der Waals surface area contributed by atoms with Crippen LogP contribution in [0.2, 0.25) is 0 Å². The third-order valence-electron chi connectivity index (χ3n) is 0. The van der Waals surface area contributed by atoms with Crippen molar-refractivity contribution >= 4 is 56.6 Å². The van der Waals surface area contributed by atoms with E-state index in [2.05, 4.69) is 0 Å². The van der Waals surface area contributed by atoms with Crippen LogP contribution in [0.3, 0.4) is 0 Å². The summed E-state index contributed by atoms with van der Waals surface area (Å²) in [7, 11) is 0. The molecule has 2 nitrogen and oxygen atoms in total. The third-order valence-corrected chi connectivity index (χ3v) is 0. The van der Waals surface area contributed by atoms with Crippen molar-refractivity contribution in [2.45, 2.75) is 0 Å². The molecule has 5 heavy (non-hydrogen) atoms. The first-order valence-electron chi connectivity index (χ1n) is 0.757. The van der Waals surface area contributed by atoms with Crippen LogP contribution in [0.15, 0.2) is 0 Å². The molecule has 4 heteroatoms. The number of rotatable bonds is 0. The van der Waals surface area contributed by atoms with Crippen LogP contribution in [0.5, 0.6) is 0 Å². The minimum Gasteiger partial charge on any atom is -1.00 e. The van der Waals surface area contributed by atoms with E-state index >= 15 is 0 Å². The van der Waals surface area contributed by atoms with Crippen LogP contribution in [0.4, 0.5) is 0 Å². The minimum absolute atomic E-state index is 0. The van der Waals surface area contributed by atoms with E-state index in [1.807, 2.05) is 0 Å². The smallest absolute Gasteiger partial charge is 1.00 e. The van der Waals surface area contributed by atoms with Gasteiger partial charge in [0.05, 0.1) is 0 Å². The maximum Gasteiger partial charge on any atom is 2.00 e. The van der Waals surface area contributed by atoms with Crippen LogP contribution in [0.25, 0.3) is 0 Å². The molecule has 0 aromatic heterocycles. The Labute approximate surface area is 73.5 Å². The Bertz CT molecular complexity index is 38.7. The fraction of sp³-hybridized carbons (Fsp3) is 1.00. The van der Waals surface area contributed by atoms with Gasteiger partial charge in [0.15, 0.2) is 0 Å². The summed E-state index contributed by atoms with van der Waals surface area (Å²) in [6.45, 7) is 0. The molecule has 0 saturated carbocycles. The average molecular weight is 170 g/mol. The van der Waals surface area contributed by atoms with Crippen molar-refractivity contribution in [2.75, 3.05) is 6.26 Å². The predicted octanol–water partition coefficient (Wildman–Crippen LogP) is -0.318. The Kier molecular flexibility index (Phi) is 10.9. The van der Waals surface area contributed by atoms with E-state index in [-0.39, 0.29) is 48.3 Å². The van der Waals surface area contributed by atoms with E-state index in [4.69, 9.17) is 8.76 Å². The van der Waals surface area contributed by atoms with Gasteiger partial charge in [-0.15, -0.1) is 0 Å². The molecule has 0 aromatic rings. The predicted molar refractivity (Wildman–Crippen MR) is 24.7 cm³/mol. The Balaban J connectivity index is -0.0000000150. The SMILES string of the molecule is CS(=O)O.[H-].[H-].[Sr+2]. The first-order chi connectivity index (χ1) is 1.73. The molecule has 0 saturated heterocycles. The second-order valence-corrected chi connectivity index (χ2v) is 1.27. The van der Waals surface area contributed by atoms with Crippen molar-refractivity contribution in [3.8, 4) is 0 Å². The first kappa shape index (κ1) is 9.77. The fourth-order valence-electron chi connectivity index (χ4n) is 0. The molecule has 0 bridgehead atoms. The van der Waals surface area contributed by atoms with Crippen molar-refractivity contribution in [1.29, 1.82) is 0 Å². The molecule has 0 spiro atoms. The van der Waals surface area contributed by atoms with Crippen molar-refractivity contribution in [2.24, 2.45) is 0 Å². The maximum absolute atomic E-state index is 9.11. The molecule has 0 rings (SSSR count). The van der Waals surface area contributed by atoms with E-state index in [9.17, 15) is 0 Å². The zero-order valence-corrected chi connectivity index (χ0v) is 7.26. The van der Waals surface area contributed by atoms with Gasteiger partial charge < -0.3 is 7.41 Å². The molecule has 0 radical (unpaired) electrons. The van der Waals surface area contributed by atoms with E-state index < -0.39 is 11.1 Å². The Morgan fingerprint density at radius 1 is 2.00 bits per heavy atom. The van der Waals surface area contributed by atoms with Crippen molar-refractivity contribution in [3.05, 3.63) is 0 Å². The van der Waals surface area contributed by atoms with Gasteiger partial charge in [0.25, 0.3) is 0 Å². The van der Waals surface area contributed by atoms with Crippen molar-refractivity contribution in [3.63, 3.8) is 0 Å². The van der Waals surface area contributed by atoms with Gasteiger partial charge in [-0.25, -0.2) is 4.21 Å².